The van der Waals surface area contributed by atoms with Crippen LogP contribution in [0.4, 0.5) is 0 Å². The Morgan fingerprint density at radius 2 is 0.784 bits per heavy atom. The normalized spacial score (nSPS) is 12.1. The van der Waals surface area contributed by atoms with Crippen LogP contribution in [0.15, 0.2) is 107 Å². The first-order valence-electron chi connectivity index (χ1n) is 10.8. The minimum atomic E-state index is -4.31. The van der Waals surface area contributed by atoms with E-state index in [0.717, 1.165) is 22.3 Å². The van der Waals surface area contributed by atoms with Gasteiger partial charge in [0, 0.05) is 0 Å². The van der Waals surface area contributed by atoms with Gasteiger partial charge in [0.05, 0.1) is 0 Å². The summed E-state index contributed by atoms with van der Waals surface area (Å²) in [5.41, 5.74) is 4.48. The number of hydrogen-bond acceptors (Lipinski definition) is 4. The van der Waals surface area contributed by atoms with Gasteiger partial charge in [0.2, 0.25) is 0 Å². The van der Waals surface area contributed by atoms with Gasteiger partial charge >= 0.3 is 29.6 Å². The Labute approximate surface area is 238 Å². The first-order valence-corrected chi connectivity index (χ1v) is 13.7. The summed E-state index contributed by atoms with van der Waals surface area (Å²) >= 11 is 0. The molecule has 0 radical (unpaired) electrons. The van der Waals surface area contributed by atoms with Gasteiger partial charge in [-0.05, 0) is 45.5 Å². The van der Waals surface area contributed by atoms with Crippen molar-refractivity contribution in [2.24, 2.45) is 0 Å². The van der Waals surface area contributed by atoms with Crippen LogP contribution >= 0.6 is 0 Å². The van der Waals surface area contributed by atoms with Crippen molar-refractivity contribution in [3.05, 3.63) is 119 Å². The van der Waals surface area contributed by atoms with Crippen LogP contribution in [-0.4, -0.2) is 55.5 Å². The van der Waals surface area contributed by atoms with Gasteiger partial charge in [-0.25, -0.2) is 0 Å². The SMILES string of the molecule is O=S(=O)(O)c1ccccc1C=Cc1ccc(-c2ccc(C=Cc3ccccc3S(=O)(=O)O)cc2)cc1.[NaH]. The molecule has 4 aromatic carbocycles. The average Bonchev–Trinajstić information content (AvgIpc) is 2.86. The molecule has 0 bridgehead atoms. The Morgan fingerprint density at radius 3 is 1.11 bits per heavy atom. The molecule has 9 heteroatoms. The Kier molecular flexibility index (Phi) is 9.44. The summed E-state index contributed by atoms with van der Waals surface area (Å²) in [6.07, 6.45) is 6.82. The van der Waals surface area contributed by atoms with E-state index in [1.54, 1.807) is 60.7 Å². The molecule has 0 atom stereocenters. The number of benzene rings is 4. The quantitative estimate of drug-likeness (QED) is 0.180. The molecule has 2 N–H and O–H groups in total. The molecule has 0 saturated carbocycles. The summed E-state index contributed by atoms with van der Waals surface area (Å²) in [6, 6.07) is 27.8. The fourth-order valence-electron chi connectivity index (χ4n) is 3.65. The van der Waals surface area contributed by atoms with Crippen molar-refractivity contribution < 1.29 is 25.9 Å². The maximum absolute atomic E-state index is 11.5. The van der Waals surface area contributed by atoms with Crippen LogP contribution in [0.3, 0.4) is 0 Å². The number of rotatable bonds is 7. The van der Waals surface area contributed by atoms with Crippen LogP contribution in [0.2, 0.25) is 0 Å². The fourth-order valence-corrected chi connectivity index (χ4v) is 5.02. The molecule has 0 aliphatic carbocycles. The van der Waals surface area contributed by atoms with Gasteiger partial charge in [0.1, 0.15) is 9.79 Å². The standard InChI is InChI=1S/C28H22O6S2.Na.H/c29-35(30,31)27-7-3-1-5-25(27)19-13-21-9-15-23(16-10-21)24-17-11-22(12-18-24)14-20-26-6-2-4-8-28(26)36(32,33)34;;/h1-20H,(H,29,30,31)(H,32,33,34);;. The minimum absolute atomic E-state index is 0. The molecule has 6 nitrogen and oxygen atoms in total. The van der Waals surface area contributed by atoms with E-state index in [0.29, 0.717) is 11.1 Å². The average molecular weight is 543 g/mol. The second-order valence-corrected chi connectivity index (χ2v) is 10.7. The molecule has 0 heterocycles. The Morgan fingerprint density at radius 1 is 0.459 bits per heavy atom. The van der Waals surface area contributed by atoms with E-state index in [2.05, 4.69) is 0 Å². The molecule has 0 unspecified atom stereocenters. The van der Waals surface area contributed by atoms with E-state index >= 15 is 0 Å². The Hall–Kier alpha value is -2.82. The summed E-state index contributed by atoms with van der Waals surface area (Å²) in [5, 5.41) is 0. The van der Waals surface area contributed by atoms with Crippen LogP contribution in [0.25, 0.3) is 35.4 Å². The van der Waals surface area contributed by atoms with E-state index in [9.17, 15) is 25.9 Å². The monoisotopic (exact) mass is 542 g/mol. The van der Waals surface area contributed by atoms with Gasteiger partial charge in [-0.1, -0.05) is 109 Å². The molecular weight excluding hydrogens is 519 g/mol. The zero-order valence-electron chi connectivity index (χ0n) is 18.9. The summed E-state index contributed by atoms with van der Waals surface area (Å²) < 4.78 is 64.9. The topological polar surface area (TPSA) is 109 Å². The molecule has 184 valence electrons. The van der Waals surface area contributed by atoms with E-state index in [-0.39, 0.29) is 39.3 Å². The zero-order valence-corrected chi connectivity index (χ0v) is 20.5. The molecule has 4 rings (SSSR count). The molecule has 0 aliphatic heterocycles. The van der Waals surface area contributed by atoms with Crippen LogP contribution in [0.5, 0.6) is 0 Å². The zero-order chi connectivity index (χ0) is 25.8. The number of hydrogen-bond donors (Lipinski definition) is 2. The first kappa shape index (κ1) is 28.7. The van der Waals surface area contributed by atoms with Gasteiger partial charge in [-0.3, -0.25) is 9.11 Å². The molecule has 0 saturated heterocycles. The molecule has 0 fully saturated rings. The van der Waals surface area contributed by atoms with E-state index < -0.39 is 20.2 Å². The second-order valence-electron chi connectivity index (χ2n) is 7.94. The molecule has 37 heavy (non-hydrogen) atoms. The predicted octanol–water partition coefficient (Wildman–Crippen LogP) is 5.54. The predicted molar refractivity (Wildman–Crippen MR) is 149 cm³/mol. The third-order valence-corrected chi connectivity index (χ3v) is 7.31. The van der Waals surface area contributed by atoms with Crippen molar-refractivity contribution in [1.82, 2.24) is 0 Å². The molecule has 4 aromatic rings. The van der Waals surface area contributed by atoms with Gasteiger partial charge in [-0.15, -0.1) is 0 Å². The Balaban J connectivity index is 0.00000380. The molecular formula is C28H23NaO6S2. The summed E-state index contributed by atoms with van der Waals surface area (Å²) in [7, 11) is -8.61. The third kappa shape index (κ3) is 7.59. The van der Waals surface area contributed by atoms with Crippen molar-refractivity contribution in [3.63, 3.8) is 0 Å². The van der Waals surface area contributed by atoms with Crippen molar-refractivity contribution in [3.8, 4) is 11.1 Å². The van der Waals surface area contributed by atoms with Crippen LogP contribution in [0.1, 0.15) is 22.3 Å². The first-order chi connectivity index (χ1) is 17.1. The summed E-state index contributed by atoms with van der Waals surface area (Å²) in [5.74, 6) is 0. The van der Waals surface area contributed by atoms with Crippen molar-refractivity contribution in [1.29, 1.82) is 0 Å². The van der Waals surface area contributed by atoms with Crippen molar-refractivity contribution in [2.45, 2.75) is 9.79 Å². The third-order valence-electron chi connectivity index (χ3n) is 5.46. The van der Waals surface area contributed by atoms with E-state index in [1.807, 2.05) is 48.5 Å². The van der Waals surface area contributed by atoms with Crippen molar-refractivity contribution >= 4 is 74.1 Å². The van der Waals surface area contributed by atoms with Gasteiger partial charge in [-0.2, -0.15) is 16.8 Å². The molecule has 0 amide bonds. The summed E-state index contributed by atoms with van der Waals surface area (Å²) in [4.78, 5) is -0.290. The summed E-state index contributed by atoms with van der Waals surface area (Å²) in [6.45, 7) is 0. The van der Waals surface area contributed by atoms with E-state index in [1.165, 1.54) is 12.1 Å². The molecule has 0 aromatic heterocycles. The van der Waals surface area contributed by atoms with Crippen LogP contribution in [-0.2, 0) is 20.2 Å². The van der Waals surface area contributed by atoms with Crippen LogP contribution < -0.4 is 0 Å². The van der Waals surface area contributed by atoms with Gasteiger partial charge in [0.25, 0.3) is 20.2 Å². The van der Waals surface area contributed by atoms with Crippen molar-refractivity contribution in [2.75, 3.05) is 0 Å². The van der Waals surface area contributed by atoms with E-state index in [4.69, 9.17) is 0 Å². The van der Waals surface area contributed by atoms with Gasteiger partial charge in [0.15, 0.2) is 0 Å². The molecule has 0 aliphatic rings. The second kappa shape index (κ2) is 12.1. The molecule has 0 spiro atoms. The van der Waals surface area contributed by atoms with Gasteiger partial charge < -0.3 is 0 Å². The fraction of sp³-hybridized carbons (Fsp3) is 0. The van der Waals surface area contributed by atoms with Crippen LogP contribution in [0, 0.1) is 0 Å². The Bertz CT molecular complexity index is 1530. The maximum atomic E-state index is 11.5.